The number of esters is 1. The molecule has 0 saturated carbocycles. The van der Waals surface area contributed by atoms with E-state index in [1.54, 1.807) is 0 Å². The molecule has 0 spiro atoms. The Morgan fingerprint density at radius 1 is 1.00 bits per heavy atom. The van der Waals surface area contributed by atoms with Gasteiger partial charge in [-0.2, -0.15) is 0 Å². The summed E-state index contributed by atoms with van der Waals surface area (Å²) in [5.74, 6) is -2.04. The van der Waals surface area contributed by atoms with Crippen LogP contribution in [0.25, 0.3) is 0 Å². The molecule has 0 saturated heterocycles. The first-order valence-corrected chi connectivity index (χ1v) is 11.4. The topological polar surface area (TPSA) is 141 Å². The van der Waals surface area contributed by atoms with E-state index in [1.807, 2.05) is 18.6 Å². The predicted molar refractivity (Wildman–Crippen MR) is 115 cm³/mol. The zero-order valence-corrected chi connectivity index (χ0v) is 18.6. The fourth-order valence-electron chi connectivity index (χ4n) is 2.45. The SMILES string of the molecule is CCCOC(=O)c1ccc(C(=O)NS(=O)(=O)c2cccc(C(=O)NCCOCC)c2)cn1. The second-order valence-corrected chi connectivity index (χ2v) is 8.17. The third-order valence-corrected chi connectivity index (χ3v) is 5.37. The van der Waals surface area contributed by atoms with Crippen molar-refractivity contribution in [3.8, 4) is 0 Å². The summed E-state index contributed by atoms with van der Waals surface area (Å²) in [6.07, 6.45) is 1.73. The van der Waals surface area contributed by atoms with Crippen LogP contribution in [0.4, 0.5) is 0 Å². The highest BCUT2D eigenvalue weighted by atomic mass is 32.2. The number of carbonyl (C=O) groups excluding carboxylic acids is 3. The van der Waals surface area contributed by atoms with Crippen molar-refractivity contribution in [3.63, 3.8) is 0 Å². The Morgan fingerprint density at radius 3 is 2.44 bits per heavy atom. The van der Waals surface area contributed by atoms with Gasteiger partial charge in [-0.05, 0) is 43.7 Å². The van der Waals surface area contributed by atoms with Gasteiger partial charge in [0.25, 0.3) is 21.8 Å². The Kier molecular flexibility index (Phi) is 9.29. The molecule has 1 aromatic heterocycles. The molecule has 2 rings (SSSR count). The predicted octanol–water partition coefficient (Wildman–Crippen LogP) is 1.53. The van der Waals surface area contributed by atoms with Crippen molar-refractivity contribution in [3.05, 3.63) is 59.4 Å². The van der Waals surface area contributed by atoms with E-state index in [2.05, 4.69) is 10.3 Å². The molecule has 2 N–H and O–H groups in total. The summed E-state index contributed by atoms with van der Waals surface area (Å²) in [5, 5.41) is 2.61. The number of pyridine rings is 1. The Balaban J connectivity index is 2.06. The Hall–Kier alpha value is -3.31. The second kappa shape index (κ2) is 11.9. The summed E-state index contributed by atoms with van der Waals surface area (Å²) >= 11 is 0. The van der Waals surface area contributed by atoms with Gasteiger partial charge in [0.05, 0.1) is 23.7 Å². The monoisotopic (exact) mass is 463 g/mol. The molecule has 0 aliphatic carbocycles. The van der Waals surface area contributed by atoms with Crippen LogP contribution in [-0.4, -0.2) is 57.6 Å². The van der Waals surface area contributed by atoms with Gasteiger partial charge < -0.3 is 14.8 Å². The van der Waals surface area contributed by atoms with Gasteiger partial charge in [0.1, 0.15) is 5.69 Å². The lowest BCUT2D eigenvalue weighted by molar-refractivity contribution is 0.0497. The van der Waals surface area contributed by atoms with Crippen molar-refractivity contribution >= 4 is 27.8 Å². The second-order valence-electron chi connectivity index (χ2n) is 6.48. The van der Waals surface area contributed by atoms with Crippen LogP contribution < -0.4 is 10.0 Å². The van der Waals surface area contributed by atoms with Gasteiger partial charge in [-0.1, -0.05) is 13.0 Å². The van der Waals surface area contributed by atoms with Crippen LogP contribution in [0.3, 0.4) is 0 Å². The van der Waals surface area contributed by atoms with E-state index in [9.17, 15) is 22.8 Å². The number of sulfonamides is 1. The quantitative estimate of drug-likeness (QED) is 0.378. The summed E-state index contributed by atoms with van der Waals surface area (Å²) in [4.78, 5) is 39.9. The molecular formula is C21H25N3O7S. The molecule has 0 aliphatic rings. The number of amides is 2. The fraction of sp³-hybridized carbons (Fsp3) is 0.333. The maximum absolute atomic E-state index is 12.6. The Morgan fingerprint density at radius 2 is 1.78 bits per heavy atom. The van der Waals surface area contributed by atoms with Crippen molar-refractivity contribution in [2.45, 2.75) is 25.2 Å². The number of benzene rings is 1. The number of rotatable bonds is 11. The van der Waals surface area contributed by atoms with Crippen LogP contribution >= 0.6 is 0 Å². The molecule has 2 amide bonds. The molecule has 10 nitrogen and oxygen atoms in total. The fourth-order valence-corrected chi connectivity index (χ4v) is 3.46. The molecule has 1 heterocycles. The first kappa shape index (κ1) is 25.0. The van der Waals surface area contributed by atoms with Crippen LogP contribution in [0, 0.1) is 0 Å². The lowest BCUT2D eigenvalue weighted by atomic mass is 10.2. The molecule has 0 aliphatic heterocycles. The molecule has 32 heavy (non-hydrogen) atoms. The van der Waals surface area contributed by atoms with Crippen molar-refractivity contribution in [1.82, 2.24) is 15.0 Å². The number of hydrogen-bond donors (Lipinski definition) is 2. The molecule has 0 atom stereocenters. The highest BCUT2D eigenvalue weighted by Gasteiger charge is 2.21. The van der Waals surface area contributed by atoms with E-state index in [0.29, 0.717) is 19.6 Å². The Labute approximate surface area is 186 Å². The molecule has 0 fully saturated rings. The molecule has 0 unspecified atom stereocenters. The first-order valence-electron chi connectivity index (χ1n) is 9.94. The number of ether oxygens (including phenoxy) is 2. The van der Waals surface area contributed by atoms with Gasteiger partial charge in [0, 0.05) is 24.9 Å². The van der Waals surface area contributed by atoms with Crippen molar-refractivity contribution in [2.75, 3.05) is 26.4 Å². The minimum atomic E-state index is -4.25. The smallest absolute Gasteiger partial charge is 0.356 e. The van der Waals surface area contributed by atoms with Gasteiger partial charge in [-0.25, -0.2) is 22.9 Å². The molecule has 0 radical (unpaired) electrons. The van der Waals surface area contributed by atoms with Crippen LogP contribution in [0.2, 0.25) is 0 Å². The maximum Gasteiger partial charge on any atom is 0.356 e. The number of carbonyl (C=O) groups is 3. The molecule has 2 aromatic rings. The van der Waals surface area contributed by atoms with Crippen LogP contribution in [0.1, 0.15) is 51.5 Å². The summed E-state index contributed by atoms with van der Waals surface area (Å²) in [7, 11) is -4.25. The zero-order chi connectivity index (χ0) is 23.6. The van der Waals surface area contributed by atoms with E-state index < -0.39 is 27.8 Å². The van der Waals surface area contributed by atoms with Gasteiger partial charge in [0.2, 0.25) is 0 Å². The lowest BCUT2D eigenvalue weighted by Crippen LogP contribution is -2.31. The number of nitrogens with zero attached hydrogens (tertiary/aromatic N) is 1. The number of nitrogens with one attached hydrogen (secondary N) is 2. The summed E-state index contributed by atoms with van der Waals surface area (Å²) < 4.78 is 37.2. The Bertz CT molecular complexity index is 1050. The van der Waals surface area contributed by atoms with E-state index in [-0.39, 0.29) is 34.9 Å². The maximum atomic E-state index is 12.6. The summed E-state index contributed by atoms with van der Waals surface area (Å²) in [6.45, 7) is 5.04. The van der Waals surface area contributed by atoms with Gasteiger partial charge in [-0.3, -0.25) is 9.59 Å². The largest absolute Gasteiger partial charge is 0.461 e. The van der Waals surface area contributed by atoms with E-state index in [1.165, 1.54) is 30.3 Å². The van der Waals surface area contributed by atoms with Crippen molar-refractivity contribution < 1.29 is 32.3 Å². The molecule has 0 bridgehead atoms. The van der Waals surface area contributed by atoms with E-state index in [4.69, 9.17) is 9.47 Å². The minimum Gasteiger partial charge on any atom is -0.461 e. The average molecular weight is 464 g/mol. The standard InChI is InChI=1S/C21H25N3O7S/c1-3-11-31-21(27)18-9-8-16(14-23-18)20(26)24-32(28,29)17-7-5-6-15(13-17)19(25)22-10-12-30-4-2/h5-9,13-14H,3-4,10-12H2,1-2H3,(H,22,25)(H,24,26). The first-order chi connectivity index (χ1) is 15.3. The number of aromatic nitrogens is 1. The zero-order valence-electron chi connectivity index (χ0n) is 17.8. The summed E-state index contributed by atoms with van der Waals surface area (Å²) in [6, 6.07) is 7.82. The third-order valence-electron chi connectivity index (χ3n) is 4.04. The van der Waals surface area contributed by atoms with Gasteiger partial charge in [0.15, 0.2) is 0 Å². The van der Waals surface area contributed by atoms with Crippen molar-refractivity contribution in [2.24, 2.45) is 0 Å². The van der Waals surface area contributed by atoms with Crippen molar-refractivity contribution in [1.29, 1.82) is 0 Å². The van der Waals surface area contributed by atoms with E-state index >= 15 is 0 Å². The number of hydrogen-bond acceptors (Lipinski definition) is 8. The van der Waals surface area contributed by atoms with Gasteiger partial charge in [-0.15, -0.1) is 0 Å². The molecule has 1 aromatic carbocycles. The molecular weight excluding hydrogens is 438 g/mol. The lowest BCUT2D eigenvalue weighted by Gasteiger charge is -2.09. The third kappa shape index (κ3) is 7.13. The van der Waals surface area contributed by atoms with Crippen LogP contribution in [0.5, 0.6) is 0 Å². The molecule has 11 heteroatoms. The highest BCUT2D eigenvalue weighted by molar-refractivity contribution is 7.90. The van der Waals surface area contributed by atoms with Crippen LogP contribution in [0.15, 0.2) is 47.5 Å². The van der Waals surface area contributed by atoms with E-state index in [0.717, 1.165) is 12.3 Å². The van der Waals surface area contributed by atoms with Crippen LogP contribution in [-0.2, 0) is 19.5 Å². The normalized spacial score (nSPS) is 10.9. The molecule has 172 valence electrons. The summed E-state index contributed by atoms with van der Waals surface area (Å²) in [5.41, 5.74) is 0.0554. The minimum absolute atomic E-state index is 0.000840. The highest BCUT2D eigenvalue weighted by Crippen LogP contribution is 2.13. The van der Waals surface area contributed by atoms with Gasteiger partial charge >= 0.3 is 5.97 Å². The average Bonchev–Trinajstić information content (AvgIpc) is 2.80.